The van der Waals surface area contributed by atoms with Crippen LogP contribution in [0.3, 0.4) is 0 Å². The molecular formula is C16H21N3. The van der Waals surface area contributed by atoms with Gasteiger partial charge < -0.3 is 10.6 Å². The number of allylic oxidation sites excluding steroid dienone is 3. The fourth-order valence-electron chi connectivity index (χ4n) is 2.24. The van der Waals surface area contributed by atoms with E-state index < -0.39 is 0 Å². The summed E-state index contributed by atoms with van der Waals surface area (Å²) in [5.41, 5.74) is 4.99. The van der Waals surface area contributed by atoms with E-state index in [1.807, 2.05) is 19.2 Å². The van der Waals surface area contributed by atoms with Crippen LogP contribution in [0.1, 0.15) is 17.5 Å². The summed E-state index contributed by atoms with van der Waals surface area (Å²) in [6, 6.07) is 6.62. The zero-order valence-electron chi connectivity index (χ0n) is 11.6. The summed E-state index contributed by atoms with van der Waals surface area (Å²) < 4.78 is 0. The van der Waals surface area contributed by atoms with Crippen molar-refractivity contribution in [2.75, 3.05) is 26.0 Å². The SMILES string of the molecule is CN=CC=CC=C(NC)c1ccc2c(c1)NCCC2. The van der Waals surface area contributed by atoms with Gasteiger partial charge in [-0.2, -0.15) is 0 Å². The van der Waals surface area contributed by atoms with Gasteiger partial charge in [0.25, 0.3) is 0 Å². The molecule has 19 heavy (non-hydrogen) atoms. The fraction of sp³-hybridized carbons (Fsp3) is 0.312. The minimum absolute atomic E-state index is 1.07. The highest BCUT2D eigenvalue weighted by molar-refractivity contribution is 5.74. The molecule has 1 heterocycles. The van der Waals surface area contributed by atoms with E-state index in [0.29, 0.717) is 0 Å². The number of nitrogens with zero attached hydrogens (tertiary/aromatic N) is 1. The van der Waals surface area contributed by atoms with E-state index in [2.05, 4.69) is 39.9 Å². The van der Waals surface area contributed by atoms with Crippen LogP contribution in [-0.4, -0.2) is 26.9 Å². The Morgan fingerprint density at radius 2 is 2.26 bits per heavy atom. The number of nitrogens with one attached hydrogen (secondary N) is 2. The van der Waals surface area contributed by atoms with Gasteiger partial charge in [-0.25, -0.2) is 0 Å². The Morgan fingerprint density at radius 1 is 1.37 bits per heavy atom. The molecule has 0 saturated heterocycles. The standard InChI is InChI=1S/C16H21N3/c1-17-10-4-3-7-15(18-2)14-9-8-13-6-5-11-19-16(13)12-14/h3-4,7-10,12,18-19H,5-6,11H2,1-2H3. The third-order valence-corrected chi connectivity index (χ3v) is 3.24. The van der Waals surface area contributed by atoms with Gasteiger partial charge in [-0.05, 0) is 42.2 Å². The van der Waals surface area contributed by atoms with Crippen LogP contribution in [-0.2, 0) is 6.42 Å². The van der Waals surface area contributed by atoms with Gasteiger partial charge >= 0.3 is 0 Å². The largest absolute Gasteiger partial charge is 0.388 e. The lowest BCUT2D eigenvalue weighted by Gasteiger charge is -2.19. The molecule has 1 aliphatic heterocycles. The molecule has 0 unspecified atom stereocenters. The normalized spacial score (nSPS) is 15.6. The van der Waals surface area contributed by atoms with E-state index in [1.54, 1.807) is 13.3 Å². The smallest absolute Gasteiger partial charge is 0.0411 e. The molecule has 100 valence electrons. The second kappa shape index (κ2) is 6.78. The van der Waals surface area contributed by atoms with Gasteiger partial charge in [0.1, 0.15) is 0 Å². The first-order valence-corrected chi connectivity index (χ1v) is 6.69. The quantitative estimate of drug-likeness (QED) is 0.641. The van der Waals surface area contributed by atoms with Crippen LogP contribution in [0.5, 0.6) is 0 Å². The number of hydrogen-bond acceptors (Lipinski definition) is 3. The first kappa shape index (κ1) is 13.4. The molecule has 1 aromatic rings. The molecule has 1 aromatic carbocycles. The minimum Gasteiger partial charge on any atom is -0.388 e. The molecule has 0 radical (unpaired) electrons. The summed E-state index contributed by atoms with van der Waals surface area (Å²) in [5, 5.41) is 6.70. The summed E-state index contributed by atoms with van der Waals surface area (Å²) in [6.45, 7) is 1.07. The Bertz CT molecular complexity index is 513. The van der Waals surface area contributed by atoms with Crippen LogP contribution in [0.15, 0.2) is 41.4 Å². The lowest BCUT2D eigenvalue weighted by Crippen LogP contribution is -2.12. The van der Waals surface area contributed by atoms with Crippen molar-refractivity contribution in [2.45, 2.75) is 12.8 Å². The van der Waals surface area contributed by atoms with Crippen LogP contribution in [0.4, 0.5) is 5.69 Å². The first-order chi connectivity index (χ1) is 9.35. The molecule has 2 N–H and O–H groups in total. The molecule has 0 aliphatic carbocycles. The van der Waals surface area contributed by atoms with E-state index in [-0.39, 0.29) is 0 Å². The Hall–Kier alpha value is -2.03. The lowest BCUT2D eigenvalue weighted by molar-refractivity contribution is 0.830. The van der Waals surface area contributed by atoms with Crippen molar-refractivity contribution in [3.63, 3.8) is 0 Å². The third-order valence-electron chi connectivity index (χ3n) is 3.24. The fourth-order valence-corrected chi connectivity index (χ4v) is 2.24. The van der Waals surface area contributed by atoms with Gasteiger partial charge in [0.15, 0.2) is 0 Å². The van der Waals surface area contributed by atoms with Gasteiger partial charge in [-0.15, -0.1) is 0 Å². The maximum atomic E-state index is 3.92. The molecule has 3 nitrogen and oxygen atoms in total. The number of benzene rings is 1. The Balaban J connectivity index is 2.23. The average molecular weight is 255 g/mol. The predicted molar refractivity (Wildman–Crippen MR) is 83.8 cm³/mol. The van der Waals surface area contributed by atoms with Crippen molar-refractivity contribution >= 4 is 17.6 Å². The zero-order chi connectivity index (χ0) is 13.5. The van der Waals surface area contributed by atoms with Crippen molar-refractivity contribution < 1.29 is 0 Å². The summed E-state index contributed by atoms with van der Waals surface area (Å²) in [7, 11) is 3.71. The maximum absolute atomic E-state index is 3.92. The molecule has 0 bridgehead atoms. The Morgan fingerprint density at radius 3 is 3.05 bits per heavy atom. The number of anilines is 1. The van der Waals surface area contributed by atoms with E-state index in [0.717, 1.165) is 12.2 Å². The Kier molecular flexibility index (Phi) is 4.78. The predicted octanol–water partition coefficient (Wildman–Crippen LogP) is 2.86. The number of aliphatic imine (C=N–C) groups is 1. The van der Waals surface area contributed by atoms with Crippen molar-refractivity contribution in [1.82, 2.24) is 5.32 Å². The van der Waals surface area contributed by atoms with Crippen LogP contribution < -0.4 is 10.6 Å². The van der Waals surface area contributed by atoms with Gasteiger partial charge in [0.2, 0.25) is 0 Å². The van der Waals surface area contributed by atoms with Crippen LogP contribution >= 0.6 is 0 Å². The molecule has 1 aliphatic rings. The summed E-state index contributed by atoms with van der Waals surface area (Å²) in [4.78, 5) is 3.92. The van der Waals surface area contributed by atoms with Crippen molar-refractivity contribution in [3.8, 4) is 0 Å². The molecule has 0 atom stereocenters. The maximum Gasteiger partial charge on any atom is 0.0411 e. The van der Waals surface area contributed by atoms with Crippen molar-refractivity contribution in [2.24, 2.45) is 4.99 Å². The Labute approximate surface area is 115 Å². The molecule has 0 saturated carbocycles. The molecule has 2 rings (SSSR count). The third kappa shape index (κ3) is 3.47. The van der Waals surface area contributed by atoms with Gasteiger partial charge in [-0.3, -0.25) is 4.99 Å². The van der Waals surface area contributed by atoms with Crippen molar-refractivity contribution in [1.29, 1.82) is 0 Å². The van der Waals surface area contributed by atoms with Crippen LogP contribution in [0.2, 0.25) is 0 Å². The monoisotopic (exact) mass is 255 g/mol. The number of aryl methyl sites for hydroxylation is 1. The number of fused-ring (bicyclic) bond motifs is 1. The highest BCUT2D eigenvalue weighted by Gasteiger charge is 2.09. The van der Waals surface area contributed by atoms with Crippen LogP contribution in [0.25, 0.3) is 5.70 Å². The second-order valence-corrected chi connectivity index (χ2v) is 4.52. The number of hydrogen-bond donors (Lipinski definition) is 2. The molecule has 0 spiro atoms. The zero-order valence-corrected chi connectivity index (χ0v) is 11.6. The highest BCUT2D eigenvalue weighted by atomic mass is 14.9. The minimum atomic E-state index is 1.07. The van der Waals surface area contributed by atoms with E-state index in [4.69, 9.17) is 0 Å². The molecule has 0 aromatic heterocycles. The topological polar surface area (TPSA) is 36.4 Å². The summed E-state index contributed by atoms with van der Waals surface area (Å²) >= 11 is 0. The van der Waals surface area contributed by atoms with Crippen LogP contribution in [0, 0.1) is 0 Å². The summed E-state index contributed by atoms with van der Waals surface area (Å²) in [5.74, 6) is 0. The summed E-state index contributed by atoms with van der Waals surface area (Å²) in [6.07, 6.45) is 10.2. The van der Waals surface area contributed by atoms with Gasteiger partial charge in [0, 0.05) is 38.2 Å². The first-order valence-electron chi connectivity index (χ1n) is 6.69. The highest BCUT2D eigenvalue weighted by Crippen LogP contribution is 2.25. The van der Waals surface area contributed by atoms with E-state index >= 15 is 0 Å². The second-order valence-electron chi connectivity index (χ2n) is 4.52. The van der Waals surface area contributed by atoms with Gasteiger partial charge in [0.05, 0.1) is 0 Å². The van der Waals surface area contributed by atoms with E-state index in [9.17, 15) is 0 Å². The number of rotatable bonds is 4. The molecule has 3 heteroatoms. The average Bonchev–Trinajstić information content (AvgIpc) is 2.47. The lowest BCUT2D eigenvalue weighted by atomic mass is 10.00. The molecular weight excluding hydrogens is 234 g/mol. The van der Waals surface area contributed by atoms with E-state index in [1.165, 1.54) is 29.7 Å². The van der Waals surface area contributed by atoms with Gasteiger partial charge in [-0.1, -0.05) is 18.2 Å². The molecule has 0 fully saturated rings. The molecule has 0 amide bonds. The van der Waals surface area contributed by atoms with Crippen molar-refractivity contribution in [3.05, 3.63) is 47.6 Å².